The first-order valence-corrected chi connectivity index (χ1v) is 9.97. The molecule has 3 rings (SSSR count). The zero-order valence-electron chi connectivity index (χ0n) is 14.2. The second kappa shape index (κ2) is 7.65. The van der Waals surface area contributed by atoms with E-state index in [2.05, 4.69) is 4.72 Å². The maximum atomic E-state index is 12.5. The number of urea groups is 1. The van der Waals surface area contributed by atoms with Crippen molar-refractivity contribution < 1.29 is 17.9 Å². The van der Waals surface area contributed by atoms with Crippen LogP contribution < -0.4 is 4.72 Å². The molecule has 1 heterocycles. The minimum Gasteiger partial charge on any atom is -0.370 e. The Labute approximate surface area is 157 Å². The molecule has 8 heteroatoms. The van der Waals surface area contributed by atoms with E-state index in [9.17, 15) is 13.2 Å². The lowest BCUT2D eigenvalue weighted by atomic mass is 10.1. The molecule has 2 aromatic rings. The van der Waals surface area contributed by atoms with Gasteiger partial charge in [-0.2, -0.15) is 0 Å². The summed E-state index contributed by atoms with van der Waals surface area (Å²) < 4.78 is 32.6. The predicted molar refractivity (Wildman–Crippen MR) is 98.6 cm³/mol. The Hall–Kier alpha value is -2.09. The standard InChI is InChI=1S/C18H19ClN2O4S/c1-13-5-7-16(8-6-13)26(23,24)20-18(22)21-9-10-25-17(12-21)14-3-2-4-15(19)11-14/h2-8,11,17H,9-10,12H2,1H3,(H,20,22). The van der Waals surface area contributed by atoms with Crippen LogP contribution in [0.3, 0.4) is 0 Å². The molecule has 0 aromatic heterocycles. The lowest BCUT2D eigenvalue weighted by Gasteiger charge is -2.33. The largest absolute Gasteiger partial charge is 0.370 e. The van der Waals surface area contributed by atoms with E-state index in [4.69, 9.17) is 16.3 Å². The summed E-state index contributed by atoms with van der Waals surface area (Å²) in [6.45, 7) is 2.73. The Kier molecular flexibility index (Phi) is 5.50. The van der Waals surface area contributed by atoms with Crippen LogP contribution in [-0.2, 0) is 14.8 Å². The average Bonchev–Trinajstić information content (AvgIpc) is 2.62. The number of hydrogen-bond donors (Lipinski definition) is 1. The predicted octanol–water partition coefficient (Wildman–Crippen LogP) is 3.12. The summed E-state index contributed by atoms with van der Waals surface area (Å²) in [5.41, 5.74) is 1.78. The van der Waals surface area contributed by atoms with Gasteiger partial charge in [-0.1, -0.05) is 41.4 Å². The topological polar surface area (TPSA) is 75.7 Å². The summed E-state index contributed by atoms with van der Waals surface area (Å²) in [7, 11) is -3.92. The number of rotatable bonds is 3. The third-order valence-electron chi connectivity index (χ3n) is 4.13. The van der Waals surface area contributed by atoms with Gasteiger partial charge < -0.3 is 9.64 Å². The van der Waals surface area contributed by atoms with E-state index < -0.39 is 16.1 Å². The van der Waals surface area contributed by atoms with E-state index in [0.717, 1.165) is 11.1 Å². The number of carbonyl (C=O) groups excluding carboxylic acids is 1. The van der Waals surface area contributed by atoms with Crippen molar-refractivity contribution in [3.63, 3.8) is 0 Å². The SMILES string of the molecule is Cc1ccc(S(=O)(=O)NC(=O)N2CCOC(c3cccc(Cl)c3)C2)cc1. The van der Waals surface area contributed by atoms with Crippen molar-refractivity contribution in [1.82, 2.24) is 9.62 Å². The number of nitrogens with zero attached hydrogens (tertiary/aromatic N) is 1. The van der Waals surface area contributed by atoms with E-state index >= 15 is 0 Å². The van der Waals surface area contributed by atoms with Crippen molar-refractivity contribution in [2.45, 2.75) is 17.9 Å². The number of halogens is 1. The molecule has 26 heavy (non-hydrogen) atoms. The van der Waals surface area contributed by atoms with Crippen LogP contribution in [0.15, 0.2) is 53.4 Å². The molecule has 0 saturated carbocycles. The fraction of sp³-hybridized carbons (Fsp3) is 0.278. The number of sulfonamides is 1. The van der Waals surface area contributed by atoms with Crippen molar-refractivity contribution in [1.29, 1.82) is 0 Å². The molecule has 0 radical (unpaired) electrons. The molecule has 1 saturated heterocycles. The molecule has 2 aromatic carbocycles. The van der Waals surface area contributed by atoms with Gasteiger partial charge in [-0.3, -0.25) is 0 Å². The molecule has 6 nitrogen and oxygen atoms in total. The first kappa shape index (κ1) is 18.7. The van der Waals surface area contributed by atoms with Crippen molar-refractivity contribution >= 4 is 27.7 Å². The van der Waals surface area contributed by atoms with Crippen LogP contribution in [0.5, 0.6) is 0 Å². The van der Waals surface area contributed by atoms with Gasteiger partial charge in [0.05, 0.1) is 18.0 Å². The average molecular weight is 395 g/mol. The van der Waals surface area contributed by atoms with Crippen LogP contribution >= 0.6 is 11.6 Å². The third-order valence-corrected chi connectivity index (χ3v) is 5.70. The zero-order valence-corrected chi connectivity index (χ0v) is 15.8. The Bertz CT molecular complexity index is 900. The van der Waals surface area contributed by atoms with Gasteiger partial charge in [0.15, 0.2) is 0 Å². The van der Waals surface area contributed by atoms with Gasteiger partial charge in [0.1, 0.15) is 6.10 Å². The monoisotopic (exact) mass is 394 g/mol. The van der Waals surface area contributed by atoms with Gasteiger partial charge in [0, 0.05) is 11.6 Å². The number of hydrogen-bond acceptors (Lipinski definition) is 4. The van der Waals surface area contributed by atoms with Crippen LogP contribution in [0.2, 0.25) is 5.02 Å². The maximum absolute atomic E-state index is 12.5. The summed E-state index contributed by atoms with van der Waals surface area (Å²) in [5, 5.41) is 0.578. The summed E-state index contributed by atoms with van der Waals surface area (Å²) in [4.78, 5) is 13.9. The first-order chi connectivity index (χ1) is 12.3. The van der Waals surface area contributed by atoms with Crippen LogP contribution in [0.1, 0.15) is 17.2 Å². The summed E-state index contributed by atoms with van der Waals surface area (Å²) in [5.74, 6) is 0. The van der Waals surface area contributed by atoms with Crippen LogP contribution in [0, 0.1) is 6.92 Å². The number of benzene rings is 2. The number of nitrogens with one attached hydrogen (secondary N) is 1. The summed E-state index contributed by atoms with van der Waals surface area (Å²) in [6, 6.07) is 12.8. The number of morpholine rings is 1. The maximum Gasteiger partial charge on any atom is 0.331 e. The Morgan fingerprint density at radius 2 is 1.96 bits per heavy atom. The quantitative estimate of drug-likeness (QED) is 0.867. The van der Waals surface area contributed by atoms with Gasteiger partial charge >= 0.3 is 6.03 Å². The van der Waals surface area contributed by atoms with Crippen molar-refractivity contribution in [2.24, 2.45) is 0 Å². The molecule has 0 aliphatic carbocycles. The van der Waals surface area contributed by atoms with Crippen LogP contribution in [0.25, 0.3) is 0 Å². The molecule has 1 aliphatic heterocycles. The Balaban J connectivity index is 1.70. The van der Waals surface area contributed by atoms with E-state index in [1.54, 1.807) is 24.3 Å². The van der Waals surface area contributed by atoms with E-state index in [1.807, 2.05) is 19.1 Å². The van der Waals surface area contributed by atoms with Gasteiger partial charge in [-0.25, -0.2) is 17.9 Å². The molecule has 1 atom stereocenters. The van der Waals surface area contributed by atoms with Gasteiger partial charge in [0.2, 0.25) is 0 Å². The molecule has 138 valence electrons. The highest BCUT2D eigenvalue weighted by molar-refractivity contribution is 7.90. The molecular weight excluding hydrogens is 376 g/mol. The molecule has 1 unspecified atom stereocenters. The Morgan fingerprint density at radius 3 is 2.65 bits per heavy atom. The van der Waals surface area contributed by atoms with Gasteiger partial charge in [0.25, 0.3) is 10.0 Å². The third kappa shape index (κ3) is 4.35. The molecule has 0 spiro atoms. The normalized spacial score (nSPS) is 17.8. The molecule has 1 aliphatic rings. The molecule has 1 N–H and O–H groups in total. The molecular formula is C18H19ClN2O4S. The number of aryl methyl sites for hydroxylation is 1. The van der Waals surface area contributed by atoms with Crippen molar-refractivity contribution in [2.75, 3.05) is 19.7 Å². The fourth-order valence-corrected chi connectivity index (χ4v) is 3.87. The van der Waals surface area contributed by atoms with Crippen molar-refractivity contribution in [3.8, 4) is 0 Å². The number of ether oxygens (including phenoxy) is 1. The van der Waals surface area contributed by atoms with E-state index in [1.165, 1.54) is 17.0 Å². The van der Waals surface area contributed by atoms with E-state index in [0.29, 0.717) is 18.2 Å². The second-order valence-corrected chi connectivity index (χ2v) is 8.20. The summed E-state index contributed by atoms with van der Waals surface area (Å²) in [6.07, 6.45) is -0.352. The second-order valence-electron chi connectivity index (χ2n) is 6.08. The smallest absolute Gasteiger partial charge is 0.331 e. The minimum absolute atomic E-state index is 0.0519. The van der Waals surface area contributed by atoms with Gasteiger partial charge in [-0.15, -0.1) is 0 Å². The minimum atomic E-state index is -3.92. The first-order valence-electron chi connectivity index (χ1n) is 8.10. The van der Waals surface area contributed by atoms with Crippen molar-refractivity contribution in [3.05, 3.63) is 64.7 Å². The van der Waals surface area contributed by atoms with Crippen LogP contribution in [0.4, 0.5) is 4.79 Å². The molecule has 2 amide bonds. The molecule has 0 bridgehead atoms. The van der Waals surface area contributed by atoms with E-state index in [-0.39, 0.29) is 17.5 Å². The van der Waals surface area contributed by atoms with Crippen LogP contribution in [-0.4, -0.2) is 39.0 Å². The zero-order chi connectivity index (χ0) is 18.7. The molecule has 1 fully saturated rings. The highest BCUT2D eigenvalue weighted by Crippen LogP contribution is 2.24. The van der Waals surface area contributed by atoms with Gasteiger partial charge in [-0.05, 0) is 36.8 Å². The highest BCUT2D eigenvalue weighted by atomic mass is 35.5. The lowest BCUT2D eigenvalue weighted by Crippen LogP contribution is -2.48. The fourth-order valence-electron chi connectivity index (χ4n) is 2.70. The lowest BCUT2D eigenvalue weighted by molar-refractivity contribution is -0.0146. The number of carbonyl (C=O) groups is 1. The summed E-state index contributed by atoms with van der Waals surface area (Å²) >= 11 is 6.00. The highest BCUT2D eigenvalue weighted by Gasteiger charge is 2.28. The Morgan fingerprint density at radius 1 is 1.23 bits per heavy atom. The number of amides is 2.